The van der Waals surface area contributed by atoms with Crippen LogP contribution in [0.5, 0.6) is 0 Å². The maximum atomic E-state index is 13.8. The molecule has 4 heterocycles. The van der Waals surface area contributed by atoms with Gasteiger partial charge in [0.25, 0.3) is 0 Å². The number of nitrogens with zero attached hydrogens (tertiary/aromatic N) is 5. The van der Waals surface area contributed by atoms with Crippen LogP contribution < -0.4 is 10.2 Å². The molecule has 13 nitrogen and oxygen atoms in total. The van der Waals surface area contributed by atoms with Crippen LogP contribution in [0.3, 0.4) is 0 Å². The molecule has 13 heteroatoms. The number of benzene rings is 1. The maximum absolute atomic E-state index is 13.8. The van der Waals surface area contributed by atoms with Crippen molar-refractivity contribution < 1.29 is 33.7 Å². The van der Waals surface area contributed by atoms with E-state index >= 15 is 0 Å². The van der Waals surface area contributed by atoms with Gasteiger partial charge in [0, 0.05) is 44.1 Å². The molecule has 3 aromatic rings. The first kappa shape index (κ1) is 33.1. The minimum atomic E-state index is -1.20. The third-order valence-corrected chi connectivity index (χ3v) is 7.71. The Morgan fingerprint density at radius 2 is 1.80 bits per heavy atom. The highest BCUT2D eigenvalue weighted by molar-refractivity contribution is 5.93. The summed E-state index contributed by atoms with van der Waals surface area (Å²) >= 11 is 0. The molecular weight excluding hydrogens is 592 g/mol. The van der Waals surface area contributed by atoms with Crippen molar-refractivity contribution >= 4 is 35.0 Å². The van der Waals surface area contributed by atoms with Crippen LogP contribution in [0.4, 0.5) is 15.4 Å². The minimum Gasteiger partial charge on any atom is -0.480 e. The molecule has 3 atom stereocenters. The number of hydrogen-bond acceptors (Lipinski definition) is 9. The molecular formula is C33H44N6O7. The highest BCUT2D eigenvalue weighted by Gasteiger charge is 2.46. The lowest BCUT2D eigenvalue weighted by molar-refractivity contribution is -0.142. The van der Waals surface area contributed by atoms with Gasteiger partial charge in [0.1, 0.15) is 23.1 Å². The Kier molecular flexibility index (Phi) is 9.54. The highest BCUT2D eigenvalue weighted by Crippen LogP contribution is 2.33. The van der Waals surface area contributed by atoms with E-state index in [1.165, 1.54) is 4.90 Å². The molecule has 0 saturated carbocycles. The largest absolute Gasteiger partial charge is 0.480 e. The van der Waals surface area contributed by atoms with E-state index in [1.54, 1.807) is 53.7 Å². The molecule has 0 bridgehead atoms. The van der Waals surface area contributed by atoms with E-state index in [4.69, 9.17) is 19.2 Å². The first-order valence-electron chi connectivity index (χ1n) is 15.6. The Labute approximate surface area is 268 Å². The van der Waals surface area contributed by atoms with Crippen LogP contribution in [0.2, 0.25) is 0 Å². The Balaban J connectivity index is 1.52. The van der Waals surface area contributed by atoms with Crippen LogP contribution >= 0.6 is 0 Å². The van der Waals surface area contributed by atoms with Crippen LogP contribution in [-0.2, 0) is 25.5 Å². The number of likely N-dealkylation sites (tertiary alicyclic amines) is 1. The molecule has 2 amide bonds. The van der Waals surface area contributed by atoms with Crippen molar-refractivity contribution in [2.75, 3.05) is 37.7 Å². The van der Waals surface area contributed by atoms with Gasteiger partial charge in [0.05, 0.1) is 42.3 Å². The van der Waals surface area contributed by atoms with Gasteiger partial charge in [-0.05, 0) is 59.7 Å². The van der Waals surface area contributed by atoms with Crippen LogP contribution in [0.15, 0.2) is 42.7 Å². The summed E-state index contributed by atoms with van der Waals surface area (Å²) in [6.07, 6.45) is 0.342. The standard InChI is InChI=1S/C33H44N6O7/c1-32(2,3)45-30(42)38-18-22(15-26(38)29(40)41)39(31(43)46-33(4,5)6)27-12-8-10-24(36-27)23-9-7-11-25-28(23)37(20-35-25)17-21-16-34-13-14-44-19-21/h7-12,20-22,26,34H,13-19H2,1-6H3,(H,40,41)/t21?,22-,26-/m0/s1. The number of carboxylic acid groups (broad SMARTS) is 1. The second kappa shape index (κ2) is 13.2. The number of rotatable bonds is 6. The fraction of sp³-hybridized carbons (Fsp3) is 0.545. The second-order valence-electron chi connectivity index (χ2n) is 13.8. The predicted molar refractivity (Wildman–Crippen MR) is 172 cm³/mol. The number of anilines is 1. The first-order valence-corrected chi connectivity index (χ1v) is 15.6. The average molecular weight is 637 g/mol. The average Bonchev–Trinajstić information content (AvgIpc) is 3.49. The van der Waals surface area contributed by atoms with Gasteiger partial charge in [-0.3, -0.25) is 9.80 Å². The Morgan fingerprint density at radius 1 is 1.07 bits per heavy atom. The van der Waals surface area contributed by atoms with Crippen molar-refractivity contribution in [1.29, 1.82) is 0 Å². The molecule has 5 rings (SSSR count). The van der Waals surface area contributed by atoms with E-state index < -0.39 is 41.4 Å². The van der Waals surface area contributed by atoms with Gasteiger partial charge in [-0.15, -0.1) is 0 Å². The number of nitrogens with one attached hydrogen (secondary N) is 1. The number of para-hydroxylation sites is 1. The summed E-state index contributed by atoms with van der Waals surface area (Å²) in [6, 6.07) is 9.24. The van der Waals surface area contributed by atoms with Crippen LogP contribution in [0.1, 0.15) is 48.0 Å². The number of carboxylic acids is 1. The molecule has 2 saturated heterocycles. The molecule has 2 fully saturated rings. The van der Waals surface area contributed by atoms with Crippen molar-refractivity contribution in [3.05, 3.63) is 42.7 Å². The van der Waals surface area contributed by atoms with E-state index in [0.717, 1.165) is 34.6 Å². The van der Waals surface area contributed by atoms with Gasteiger partial charge >= 0.3 is 18.2 Å². The van der Waals surface area contributed by atoms with Crippen molar-refractivity contribution in [2.24, 2.45) is 5.92 Å². The molecule has 46 heavy (non-hydrogen) atoms. The molecule has 2 aliphatic rings. The lowest BCUT2D eigenvalue weighted by Crippen LogP contribution is -2.46. The number of carbonyl (C=O) groups is 3. The number of carbonyl (C=O) groups excluding carboxylic acids is 2. The number of fused-ring (bicyclic) bond motifs is 1. The van der Waals surface area contributed by atoms with Crippen LogP contribution in [0.25, 0.3) is 22.3 Å². The summed E-state index contributed by atoms with van der Waals surface area (Å²) in [7, 11) is 0. The number of imidazole rings is 1. The number of ether oxygens (including phenoxy) is 3. The number of hydrogen-bond donors (Lipinski definition) is 2. The molecule has 0 spiro atoms. The lowest BCUT2D eigenvalue weighted by atomic mass is 10.1. The minimum absolute atomic E-state index is 0.0282. The monoisotopic (exact) mass is 636 g/mol. The van der Waals surface area contributed by atoms with Gasteiger partial charge in [0.2, 0.25) is 0 Å². The molecule has 1 aromatic carbocycles. The number of amides is 2. The molecule has 248 valence electrons. The zero-order chi connectivity index (χ0) is 33.2. The maximum Gasteiger partial charge on any atom is 0.416 e. The summed E-state index contributed by atoms with van der Waals surface area (Å²) < 4.78 is 19.2. The van der Waals surface area contributed by atoms with E-state index in [0.29, 0.717) is 25.5 Å². The highest BCUT2D eigenvalue weighted by atomic mass is 16.6. The summed E-state index contributed by atoms with van der Waals surface area (Å²) in [5, 5.41) is 13.5. The molecule has 1 unspecified atom stereocenters. The van der Waals surface area contributed by atoms with Crippen LogP contribution in [0, 0.1) is 5.92 Å². The molecule has 0 radical (unpaired) electrons. The van der Waals surface area contributed by atoms with Crippen molar-refractivity contribution in [2.45, 2.75) is 77.8 Å². The predicted octanol–water partition coefficient (Wildman–Crippen LogP) is 4.54. The van der Waals surface area contributed by atoms with Gasteiger partial charge in [0.15, 0.2) is 0 Å². The van der Waals surface area contributed by atoms with Gasteiger partial charge in [-0.25, -0.2) is 24.4 Å². The van der Waals surface area contributed by atoms with Gasteiger partial charge in [-0.2, -0.15) is 0 Å². The smallest absolute Gasteiger partial charge is 0.416 e. The lowest BCUT2D eigenvalue weighted by Gasteiger charge is -2.31. The van der Waals surface area contributed by atoms with Crippen molar-refractivity contribution in [3.8, 4) is 11.3 Å². The fourth-order valence-corrected chi connectivity index (χ4v) is 5.83. The van der Waals surface area contributed by atoms with E-state index in [1.807, 2.05) is 30.6 Å². The summed E-state index contributed by atoms with van der Waals surface area (Å²) in [5.41, 5.74) is 1.48. The SMILES string of the molecule is CC(C)(C)OC(=O)N1C[C@@H](N(C(=O)OC(C)(C)C)c2cccc(-c3cccc4ncn(CC5CNCCOC5)c34)n2)C[C@H]1C(=O)O. The van der Waals surface area contributed by atoms with E-state index in [-0.39, 0.29) is 24.7 Å². The number of aromatic nitrogens is 3. The fourth-order valence-electron chi connectivity index (χ4n) is 5.83. The zero-order valence-corrected chi connectivity index (χ0v) is 27.4. The second-order valence-corrected chi connectivity index (χ2v) is 13.8. The summed E-state index contributed by atoms with van der Waals surface area (Å²) in [4.78, 5) is 51.3. The first-order chi connectivity index (χ1) is 21.7. The number of pyridine rings is 1. The Morgan fingerprint density at radius 3 is 2.52 bits per heavy atom. The summed E-state index contributed by atoms with van der Waals surface area (Å²) in [6.45, 7) is 14.0. The molecule has 2 N–H and O–H groups in total. The van der Waals surface area contributed by atoms with Crippen molar-refractivity contribution in [1.82, 2.24) is 24.8 Å². The molecule has 2 aliphatic heterocycles. The third-order valence-electron chi connectivity index (χ3n) is 7.71. The number of aliphatic carboxylic acids is 1. The normalized spacial score (nSPS) is 20.7. The summed E-state index contributed by atoms with van der Waals surface area (Å²) in [5.74, 6) is -0.655. The Bertz CT molecular complexity index is 1570. The third kappa shape index (κ3) is 7.76. The van der Waals surface area contributed by atoms with Gasteiger partial charge < -0.3 is 29.2 Å². The van der Waals surface area contributed by atoms with Crippen molar-refractivity contribution in [3.63, 3.8) is 0 Å². The quantitative estimate of drug-likeness (QED) is 0.395. The molecule has 2 aromatic heterocycles. The van der Waals surface area contributed by atoms with Gasteiger partial charge in [-0.1, -0.05) is 18.2 Å². The topological polar surface area (TPSA) is 148 Å². The molecule has 0 aliphatic carbocycles. The Hall–Kier alpha value is -4.23. The zero-order valence-electron chi connectivity index (χ0n) is 27.4. The van der Waals surface area contributed by atoms with E-state index in [9.17, 15) is 19.5 Å². The van der Waals surface area contributed by atoms with Crippen LogP contribution in [-0.4, -0.2) is 98.8 Å². The van der Waals surface area contributed by atoms with E-state index in [2.05, 4.69) is 14.9 Å².